The largest absolute Gasteiger partial charge is 0.496 e. The van der Waals surface area contributed by atoms with Gasteiger partial charge in [0.1, 0.15) is 11.8 Å². The van der Waals surface area contributed by atoms with Crippen LogP contribution in [0.4, 0.5) is 0 Å². The highest BCUT2D eigenvalue weighted by Crippen LogP contribution is 2.30. The summed E-state index contributed by atoms with van der Waals surface area (Å²) in [5.41, 5.74) is 1.89. The van der Waals surface area contributed by atoms with Gasteiger partial charge in [0.2, 0.25) is 5.89 Å². The maximum absolute atomic E-state index is 5.50. The number of para-hydroxylation sites is 1. The number of hydrogen-bond acceptors (Lipinski definition) is 6. The molecule has 0 aliphatic rings. The molecule has 0 fully saturated rings. The van der Waals surface area contributed by atoms with E-state index in [4.69, 9.17) is 9.26 Å². The van der Waals surface area contributed by atoms with Gasteiger partial charge in [0, 0.05) is 24.7 Å². The third-order valence-electron chi connectivity index (χ3n) is 3.80. The van der Waals surface area contributed by atoms with Crippen molar-refractivity contribution >= 4 is 0 Å². The van der Waals surface area contributed by atoms with Crippen LogP contribution < -0.4 is 10.1 Å². The number of ether oxygens (including phenoxy) is 1. The average molecular weight is 324 g/mol. The Morgan fingerprint density at radius 3 is 2.58 bits per heavy atom. The van der Waals surface area contributed by atoms with E-state index in [0.717, 1.165) is 17.0 Å². The molecule has 3 rings (SSSR count). The molecule has 0 aliphatic carbocycles. The summed E-state index contributed by atoms with van der Waals surface area (Å²) >= 11 is 0. The van der Waals surface area contributed by atoms with Gasteiger partial charge in [-0.2, -0.15) is 4.98 Å². The number of aromatic nitrogens is 3. The van der Waals surface area contributed by atoms with E-state index in [9.17, 15) is 0 Å². The fraction of sp³-hybridized carbons (Fsp3) is 0.278. The zero-order chi connectivity index (χ0) is 16.9. The Balaban J connectivity index is 1.96. The van der Waals surface area contributed by atoms with Crippen LogP contribution in [-0.4, -0.2) is 22.2 Å². The second kappa shape index (κ2) is 7.23. The average Bonchev–Trinajstić information content (AvgIpc) is 3.06. The fourth-order valence-electron chi connectivity index (χ4n) is 2.61. The van der Waals surface area contributed by atoms with E-state index in [-0.39, 0.29) is 12.1 Å². The van der Waals surface area contributed by atoms with Crippen LogP contribution in [0.5, 0.6) is 5.75 Å². The normalized spacial score (nSPS) is 13.5. The summed E-state index contributed by atoms with van der Waals surface area (Å²) in [7, 11) is 1.65. The maximum Gasteiger partial charge on any atom is 0.223 e. The summed E-state index contributed by atoms with van der Waals surface area (Å²) in [6, 6.07) is 13.4. The van der Waals surface area contributed by atoms with Gasteiger partial charge in [-0.1, -0.05) is 29.4 Å². The molecule has 6 heteroatoms. The van der Waals surface area contributed by atoms with Crippen molar-refractivity contribution in [3.8, 4) is 5.75 Å². The highest BCUT2D eigenvalue weighted by molar-refractivity contribution is 5.39. The number of nitrogens with one attached hydrogen (secondary N) is 1. The van der Waals surface area contributed by atoms with Crippen LogP contribution in [0.25, 0.3) is 0 Å². The first kappa shape index (κ1) is 16.1. The molecule has 0 saturated carbocycles. The lowest BCUT2D eigenvalue weighted by atomic mass is 10.0. The van der Waals surface area contributed by atoms with Crippen molar-refractivity contribution in [1.82, 2.24) is 20.4 Å². The summed E-state index contributed by atoms with van der Waals surface area (Å²) in [4.78, 5) is 8.80. The number of nitrogens with zero attached hydrogens (tertiary/aromatic N) is 3. The second-order valence-corrected chi connectivity index (χ2v) is 5.49. The van der Waals surface area contributed by atoms with Crippen LogP contribution in [0, 0.1) is 6.92 Å². The lowest BCUT2D eigenvalue weighted by Crippen LogP contribution is -2.27. The predicted molar refractivity (Wildman–Crippen MR) is 89.7 cm³/mol. The number of hydrogen-bond donors (Lipinski definition) is 1. The monoisotopic (exact) mass is 324 g/mol. The predicted octanol–water partition coefficient (Wildman–Crippen LogP) is 3.22. The van der Waals surface area contributed by atoms with Gasteiger partial charge in [-0.05, 0) is 25.1 Å². The van der Waals surface area contributed by atoms with Crippen molar-refractivity contribution in [2.45, 2.75) is 25.9 Å². The molecule has 0 radical (unpaired) electrons. The number of aryl methyl sites for hydroxylation is 1. The molecule has 3 aromatic rings. The molecule has 124 valence electrons. The Bertz CT molecular complexity index is 788. The zero-order valence-electron chi connectivity index (χ0n) is 13.9. The molecule has 0 saturated heterocycles. The van der Waals surface area contributed by atoms with Crippen LogP contribution in [0.3, 0.4) is 0 Å². The second-order valence-electron chi connectivity index (χ2n) is 5.49. The first-order valence-electron chi connectivity index (χ1n) is 7.79. The Labute approximate surface area is 140 Å². The highest BCUT2D eigenvalue weighted by atomic mass is 16.5. The third-order valence-corrected chi connectivity index (χ3v) is 3.80. The molecule has 1 aromatic carbocycles. The van der Waals surface area contributed by atoms with Crippen molar-refractivity contribution in [3.05, 3.63) is 71.6 Å². The van der Waals surface area contributed by atoms with E-state index in [1.54, 1.807) is 20.2 Å². The molecular formula is C18H20N4O2. The fourth-order valence-corrected chi connectivity index (χ4v) is 2.61. The molecule has 0 bridgehead atoms. The van der Waals surface area contributed by atoms with E-state index in [0.29, 0.717) is 11.7 Å². The molecule has 2 heterocycles. The Hall–Kier alpha value is -2.73. The van der Waals surface area contributed by atoms with Crippen molar-refractivity contribution in [1.29, 1.82) is 0 Å². The van der Waals surface area contributed by atoms with Gasteiger partial charge >= 0.3 is 0 Å². The first-order valence-corrected chi connectivity index (χ1v) is 7.79. The van der Waals surface area contributed by atoms with E-state index >= 15 is 0 Å². The Morgan fingerprint density at radius 1 is 1.12 bits per heavy atom. The van der Waals surface area contributed by atoms with Gasteiger partial charge in [-0.3, -0.25) is 10.3 Å². The molecule has 6 nitrogen and oxygen atoms in total. The summed E-state index contributed by atoms with van der Waals surface area (Å²) in [5, 5.41) is 7.62. The van der Waals surface area contributed by atoms with Gasteiger partial charge in [0.05, 0.1) is 12.8 Å². The number of methoxy groups -OCH3 is 1. The minimum Gasteiger partial charge on any atom is -0.496 e. The van der Waals surface area contributed by atoms with Gasteiger partial charge in [0.15, 0.2) is 5.82 Å². The topological polar surface area (TPSA) is 73.1 Å². The van der Waals surface area contributed by atoms with Crippen LogP contribution in [0.2, 0.25) is 0 Å². The van der Waals surface area contributed by atoms with Gasteiger partial charge in [-0.25, -0.2) is 0 Å². The zero-order valence-corrected chi connectivity index (χ0v) is 13.9. The molecule has 2 atom stereocenters. The Morgan fingerprint density at radius 2 is 1.92 bits per heavy atom. The van der Waals surface area contributed by atoms with E-state index in [1.807, 2.05) is 42.5 Å². The number of pyridine rings is 1. The van der Waals surface area contributed by atoms with Crippen LogP contribution in [0.1, 0.15) is 42.0 Å². The SMILES string of the molecule is COc1ccccc1[C@H](N[C@H](C)c1ccccn1)c1noc(C)n1. The summed E-state index contributed by atoms with van der Waals surface area (Å²) < 4.78 is 10.7. The quantitative estimate of drug-likeness (QED) is 0.750. The molecule has 1 N–H and O–H groups in total. The number of rotatable bonds is 6. The summed E-state index contributed by atoms with van der Waals surface area (Å²) in [6.07, 6.45) is 1.78. The molecule has 2 aromatic heterocycles. The molecule has 24 heavy (non-hydrogen) atoms. The summed E-state index contributed by atoms with van der Waals surface area (Å²) in [6.45, 7) is 3.83. The first-order chi connectivity index (χ1) is 11.7. The molecule has 0 amide bonds. The molecule has 0 unspecified atom stereocenters. The maximum atomic E-state index is 5.50. The van der Waals surface area contributed by atoms with Crippen molar-refractivity contribution in [2.75, 3.05) is 7.11 Å². The van der Waals surface area contributed by atoms with Crippen LogP contribution in [-0.2, 0) is 0 Å². The highest BCUT2D eigenvalue weighted by Gasteiger charge is 2.25. The van der Waals surface area contributed by atoms with E-state index in [2.05, 4.69) is 27.4 Å². The van der Waals surface area contributed by atoms with Crippen LogP contribution >= 0.6 is 0 Å². The van der Waals surface area contributed by atoms with E-state index < -0.39 is 0 Å². The smallest absolute Gasteiger partial charge is 0.223 e. The standard InChI is InChI=1S/C18H20N4O2/c1-12(15-9-6-7-11-19-15)20-17(18-21-13(2)24-22-18)14-8-4-5-10-16(14)23-3/h4-12,17,20H,1-3H3/t12-,17+/m1/s1. The van der Waals surface area contributed by atoms with Gasteiger partial charge < -0.3 is 9.26 Å². The molecule has 0 aliphatic heterocycles. The van der Waals surface area contributed by atoms with Crippen molar-refractivity contribution in [2.24, 2.45) is 0 Å². The van der Waals surface area contributed by atoms with Gasteiger partial charge in [-0.15, -0.1) is 0 Å². The third kappa shape index (κ3) is 3.44. The van der Waals surface area contributed by atoms with Crippen molar-refractivity contribution < 1.29 is 9.26 Å². The van der Waals surface area contributed by atoms with Gasteiger partial charge in [0.25, 0.3) is 0 Å². The minimum absolute atomic E-state index is 0.0000756. The minimum atomic E-state index is -0.268. The van der Waals surface area contributed by atoms with Crippen molar-refractivity contribution in [3.63, 3.8) is 0 Å². The lowest BCUT2D eigenvalue weighted by molar-refractivity contribution is 0.371. The summed E-state index contributed by atoms with van der Waals surface area (Å²) in [5.74, 6) is 1.86. The number of benzene rings is 1. The van der Waals surface area contributed by atoms with Crippen LogP contribution in [0.15, 0.2) is 53.2 Å². The molecule has 0 spiro atoms. The van der Waals surface area contributed by atoms with E-state index in [1.165, 1.54) is 0 Å². The molecular weight excluding hydrogens is 304 g/mol. The Kier molecular flexibility index (Phi) is 4.86. The lowest BCUT2D eigenvalue weighted by Gasteiger charge is -2.22.